The van der Waals surface area contributed by atoms with Gasteiger partial charge in [0.2, 0.25) is 0 Å². The van der Waals surface area contributed by atoms with Crippen molar-refractivity contribution < 1.29 is 24.2 Å². The minimum Gasteiger partial charge on any atom is -0.479 e. The number of hydrogen-bond donors (Lipinski definition) is 1. The Balaban J connectivity index is 2.04. The van der Waals surface area contributed by atoms with Crippen molar-refractivity contribution in [1.29, 1.82) is 0 Å². The van der Waals surface area contributed by atoms with E-state index in [1.54, 1.807) is 13.0 Å². The first-order valence-electron chi connectivity index (χ1n) is 6.74. The highest BCUT2D eigenvalue weighted by atomic mass is 16.6. The van der Waals surface area contributed by atoms with E-state index in [4.69, 9.17) is 14.6 Å². The summed E-state index contributed by atoms with van der Waals surface area (Å²) in [6, 6.07) is 13.1. The molecule has 0 fully saturated rings. The Hall–Kier alpha value is -2.82. The number of carboxylic acid groups (broad SMARTS) is 1. The lowest BCUT2D eigenvalue weighted by Crippen LogP contribution is -2.28. The molecule has 0 aliphatic rings. The van der Waals surface area contributed by atoms with Crippen LogP contribution >= 0.6 is 0 Å². The number of hydrogen-bond acceptors (Lipinski definition) is 4. The van der Waals surface area contributed by atoms with Gasteiger partial charge in [-0.25, -0.2) is 9.59 Å². The summed E-state index contributed by atoms with van der Waals surface area (Å²) < 4.78 is 10.7. The van der Waals surface area contributed by atoms with Crippen LogP contribution in [0, 0.1) is 6.92 Å². The molecule has 0 amide bonds. The minimum atomic E-state index is -1.08. The van der Waals surface area contributed by atoms with Crippen LogP contribution in [-0.4, -0.2) is 23.1 Å². The Morgan fingerprint density at radius 3 is 2.50 bits per heavy atom. The first-order chi connectivity index (χ1) is 10.5. The Bertz CT molecular complexity index is 693. The molecule has 2 rings (SSSR count). The summed E-state index contributed by atoms with van der Waals surface area (Å²) in [7, 11) is 0. The van der Waals surface area contributed by atoms with E-state index >= 15 is 0 Å². The maximum Gasteiger partial charge on any atom is 0.352 e. The second-order valence-corrected chi connectivity index (χ2v) is 4.78. The summed E-state index contributed by atoms with van der Waals surface area (Å²) in [6.45, 7) is 3.46. The molecular formula is C17H16O5. The van der Waals surface area contributed by atoms with Crippen LogP contribution in [0.5, 0.6) is 11.5 Å². The normalized spacial score (nSPS) is 11.5. The molecule has 1 atom stereocenters. The number of para-hydroxylation sites is 1. The summed E-state index contributed by atoms with van der Waals surface area (Å²) in [5.74, 6) is -0.899. The zero-order valence-corrected chi connectivity index (χ0v) is 12.3. The largest absolute Gasteiger partial charge is 0.479 e. The highest BCUT2D eigenvalue weighted by Gasteiger charge is 2.18. The van der Waals surface area contributed by atoms with Crippen molar-refractivity contribution in [3.63, 3.8) is 0 Å². The molecule has 5 heteroatoms. The number of ether oxygens (including phenoxy) is 2. The van der Waals surface area contributed by atoms with Crippen LogP contribution in [0.1, 0.15) is 22.8 Å². The van der Waals surface area contributed by atoms with Gasteiger partial charge in [-0.05, 0) is 43.7 Å². The summed E-state index contributed by atoms with van der Waals surface area (Å²) >= 11 is 0. The second-order valence-electron chi connectivity index (χ2n) is 4.78. The third-order valence-corrected chi connectivity index (χ3v) is 3.03. The molecule has 2 aromatic carbocycles. The molecule has 0 spiro atoms. The molecular weight excluding hydrogens is 284 g/mol. The van der Waals surface area contributed by atoms with Crippen molar-refractivity contribution in [1.82, 2.24) is 0 Å². The van der Waals surface area contributed by atoms with Gasteiger partial charge in [-0.2, -0.15) is 0 Å². The molecule has 0 saturated carbocycles. The van der Waals surface area contributed by atoms with Crippen molar-refractivity contribution in [3.8, 4) is 11.5 Å². The fourth-order valence-corrected chi connectivity index (χ4v) is 1.82. The number of carbonyl (C=O) groups is 2. The Morgan fingerprint density at radius 1 is 1.09 bits per heavy atom. The average Bonchev–Trinajstić information content (AvgIpc) is 2.49. The van der Waals surface area contributed by atoms with E-state index < -0.39 is 18.0 Å². The topological polar surface area (TPSA) is 72.8 Å². The number of aryl methyl sites for hydroxylation is 1. The van der Waals surface area contributed by atoms with Crippen molar-refractivity contribution in [2.45, 2.75) is 20.0 Å². The van der Waals surface area contributed by atoms with E-state index in [-0.39, 0.29) is 11.3 Å². The van der Waals surface area contributed by atoms with Crippen LogP contribution in [-0.2, 0) is 4.79 Å². The first-order valence-corrected chi connectivity index (χ1v) is 6.74. The van der Waals surface area contributed by atoms with E-state index in [0.717, 1.165) is 5.56 Å². The van der Waals surface area contributed by atoms with E-state index in [1.165, 1.54) is 24.3 Å². The zero-order valence-electron chi connectivity index (χ0n) is 12.3. The molecule has 0 bridgehead atoms. The van der Waals surface area contributed by atoms with Crippen LogP contribution in [0.2, 0.25) is 0 Å². The maximum absolute atomic E-state index is 12.0. The molecule has 22 heavy (non-hydrogen) atoms. The van der Waals surface area contributed by atoms with E-state index in [2.05, 4.69) is 0 Å². The lowest BCUT2D eigenvalue weighted by atomic mass is 10.2. The fourth-order valence-electron chi connectivity index (χ4n) is 1.82. The lowest BCUT2D eigenvalue weighted by Gasteiger charge is -2.15. The third kappa shape index (κ3) is 3.85. The smallest absolute Gasteiger partial charge is 0.352 e. The molecule has 0 heterocycles. The monoisotopic (exact) mass is 300 g/mol. The predicted molar refractivity (Wildman–Crippen MR) is 80.3 cm³/mol. The van der Waals surface area contributed by atoms with Crippen LogP contribution in [0.25, 0.3) is 0 Å². The number of carbonyl (C=O) groups excluding carboxylic acids is 1. The molecule has 5 nitrogen and oxygen atoms in total. The van der Waals surface area contributed by atoms with Gasteiger partial charge in [0.25, 0.3) is 0 Å². The second kappa shape index (κ2) is 6.76. The number of aromatic carboxylic acids is 1. The highest BCUT2D eigenvalue weighted by Crippen LogP contribution is 2.19. The quantitative estimate of drug-likeness (QED) is 0.678. The van der Waals surface area contributed by atoms with Gasteiger partial charge in [0, 0.05) is 0 Å². The van der Waals surface area contributed by atoms with Crippen molar-refractivity contribution in [2.75, 3.05) is 0 Å². The molecule has 0 aliphatic heterocycles. The van der Waals surface area contributed by atoms with Gasteiger partial charge in [-0.3, -0.25) is 0 Å². The van der Waals surface area contributed by atoms with Crippen molar-refractivity contribution in [3.05, 3.63) is 59.7 Å². The van der Waals surface area contributed by atoms with Gasteiger partial charge in [-0.15, -0.1) is 0 Å². The Kier molecular flexibility index (Phi) is 4.78. The summed E-state index contributed by atoms with van der Waals surface area (Å²) in [5, 5.41) is 8.91. The molecule has 114 valence electrons. The SMILES string of the molecule is Cc1ccccc1OC(C)C(=O)Oc1cccc(C(=O)O)c1. The fraction of sp³-hybridized carbons (Fsp3) is 0.176. The first kappa shape index (κ1) is 15.6. The van der Waals surface area contributed by atoms with E-state index in [9.17, 15) is 9.59 Å². The maximum atomic E-state index is 12.0. The molecule has 1 unspecified atom stereocenters. The van der Waals surface area contributed by atoms with Gasteiger partial charge in [0.05, 0.1) is 5.56 Å². The third-order valence-electron chi connectivity index (χ3n) is 3.03. The summed E-state index contributed by atoms with van der Waals surface area (Å²) in [5.41, 5.74) is 0.966. The summed E-state index contributed by atoms with van der Waals surface area (Å²) in [6.07, 6.45) is -0.811. The zero-order chi connectivity index (χ0) is 16.1. The highest BCUT2D eigenvalue weighted by molar-refractivity contribution is 5.88. The Labute approximate surface area is 128 Å². The van der Waals surface area contributed by atoms with Gasteiger partial charge in [0.1, 0.15) is 11.5 Å². The van der Waals surface area contributed by atoms with Crippen LogP contribution in [0.15, 0.2) is 48.5 Å². The molecule has 0 saturated heterocycles. The molecule has 2 aromatic rings. The van der Waals surface area contributed by atoms with Crippen LogP contribution in [0.4, 0.5) is 0 Å². The van der Waals surface area contributed by atoms with Crippen LogP contribution < -0.4 is 9.47 Å². The van der Waals surface area contributed by atoms with Gasteiger partial charge < -0.3 is 14.6 Å². The molecule has 1 N–H and O–H groups in total. The van der Waals surface area contributed by atoms with E-state index in [1.807, 2.05) is 25.1 Å². The van der Waals surface area contributed by atoms with Crippen molar-refractivity contribution in [2.24, 2.45) is 0 Å². The number of benzene rings is 2. The number of esters is 1. The van der Waals surface area contributed by atoms with Gasteiger partial charge >= 0.3 is 11.9 Å². The summed E-state index contributed by atoms with van der Waals surface area (Å²) in [4.78, 5) is 22.9. The van der Waals surface area contributed by atoms with E-state index in [0.29, 0.717) is 5.75 Å². The predicted octanol–water partition coefficient (Wildman–Crippen LogP) is 3.07. The average molecular weight is 300 g/mol. The minimum absolute atomic E-state index is 0.0535. The van der Waals surface area contributed by atoms with Crippen LogP contribution in [0.3, 0.4) is 0 Å². The molecule has 0 aliphatic carbocycles. The number of carboxylic acids is 1. The van der Waals surface area contributed by atoms with Gasteiger partial charge in [-0.1, -0.05) is 24.3 Å². The standard InChI is InChI=1S/C17H16O5/c1-11-6-3-4-9-15(11)21-12(2)17(20)22-14-8-5-7-13(10-14)16(18)19/h3-10,12H,1-2H3,(H,18,19). The Morgan fingerprint density at radius 2 is 1.82 bits per heavy atom. The molecule has 0 aromatic heterocycles. The van der Waals surface area contributed by atoms with Crippen molar-refractivity contribution >= 4 is 11.9 Å². The number of rotatable bonds is 5. The van der Waals surface area contributed by atoms with Gasteiger partial charge in [0.15, 0.2) is 6.10 Å². The molecule has 0 radical (unpaired) electrons. The lowest BCUT2D eigenvalue weighted by molar-refractivity contribution is -0.141.